The molecule has 16 heavy (non-hydrogen) atoms. The van der Waals surface area contributed by atoms with Crippen molar-refractivity contribution in [1.29, 1.82) is 0 Å². The van der Waals surface area contributed by atoms with Gasteiger partial charge in [0.2, 0.25) is 0 Å². The second kappa shape index (κ2) is 5.99. The van der Waals surface area contributed by atoms with Crippen LogP contribution in [0, 0.1) is 11.8 Å². The minimum Gasteiger partial charge on any atom is -0.330 e. The largest absolute Gasteiger partial charge is 0.330 e. The van der Waals surface area contributed by atoms with Crippen molar-refractivity contribution in [2.24, 2.45) is 17.6 Å². The van der Waals surface area contributed by atoms with Crippen molar-refractivity contribution < 1.29 is 0 Å². The third-order valence-corrected chi connectivity index (χ3v) is 3.87. The topological polar surface area (TPSA) is 32.5 Å². The van der Waals surface area contributed by atoms with Crippen LogP contribution in [0.1, 0.15) is 26.2 Å². The average Bonchev–Trinajstić information content (AvgIpc) is 3.08. The van der Waals surface area contributed by atoms with E-state index in [1.54, 1.807) is 0 Å². The van der Waals surface area contributed by atoms with E-state index < -0.39 is 0 Å². The SMILES string of the molecule is CC(CN)CN1CCCN(CC2CC2)CC1. The highest BCUT2D eigenvalue weighted by atomic mass is 15.2. The third-order valence-electron chi connectivity index (χ3n) is 3.87. The normalized spacial score (nSPS) is 26.6. The molecule has 0 aromatic carbocycles. The molecule has 1 unspecified atom stereocenters. The molecule has 0 spiro atoms. The first-order chi connectivity index (χ1) is 7.78. The van der Waals surface area contributed by atoms with Crippen molar-refractivity contribution in [3.8, 4) is 0 Å². The van der Waals surface area contributed by atoms with Gasteiger partial charge in [0.1, 0.15) is 0 Å². The fraction of sp³-hybridized carbons (Fsp3) is 1.00. The summed E-state index contributed by atoms with van der Waals surface area (Å²) in [6, 6.07) is 0. The van der Waals surface area contributed by atoms with E-state index in [-0.39, 0.29) is 0 Å². The molecular formula is C13H27N3. The Bertz CT molecular complexity index is 203. The van der Waals surface area contributed by atoms with Crippen LogP contribution in [0.3, 0.4) is 0 Å². The van der Waals surface area contributed by atoms with Gasteiger partial charge in [-0.25, -0.2) is 0 Å². The molecule has 94 valence electrons. The van der Waals surface area contributed by atoms with Gasteiger partial charge in [-0.05, 0) is 50.7 Å². The van der Waals surface area contributed by atoms with Crippen LogP contribution in [0.5, 0.6) is 0 Å². The summed E-state index contributed by atoms with van der Waals surface area (Å²) >= 11 is 0. The van der Waals surface area contributed by atoms with E-state index in [0.717, 1.165) is 12.5 Å². The van der Waals surface area contributed by atoms with Crippen LogP contribution in [0.2, 0.25) is 0 Å². The van der Waals surface area contributed by atoms with Gasteiger partial charge in [-0.3, -0.25) is 0 Å². The molecule has 0 aromatic heterocycles. The van der Waals surface area contributed by atoms with E-state index in [2.05, 4.69) is 16.7 Å². The molecule has 1 atom stereocenters. The fourth-order valence-electron chi connectivity index (χ4n) is 2.57. The van der Waals surface area contributed by atoms with Crippen molar-refractivity contribution in [3.63, 3.8) is 0 Å². The quantitative estimate of drug-likeness (QED) is 0.757. The maximum atomic E-state index is 5.69. The predicted octanol–water partition coefficient (Wildman–Crippen LogP) is 0.999. The van der Waals surface area contributed by atoms with Gasteiger partial charge in [-0.1, -0.05) is 6.92 Å². The molecule has 2 N–H and O–H groups in total. The standard InChI is InChI=1S/C13H27N3/c1-12(9-14)10-15-5-2-6-16(8-7-15)11-13-3-4-13/h12-13H,2-11,14H2,1H3. The first kappa shape index (κ1) is 12.3. The number of nitrogens with two attached hydrogens (primary N) is 1. The molecule has 2 aliphatic rings. The molecule has 0 amide bonds. The second-order valence-corrected chi connectivity index (χ2v) is 5.74. The van der Waals surface area contributed by atoms with Gasteiger partial charge < -0.3 is 15.5 Å². The van der Waals surface area contributed by atoms with E-state index in [1.807, 2.05) is 0 Å². The molecule has 3 heteroatoms. The Morgan fingerprint density at radius 3 is 2.50 bits per heavy atom. The highest BCUT2D eigenvalue weighted by Gasteiger charge is 2.25. The second-order valence-electron chi connectivity index (χ2n) is 5.74. The Hall–Kier alpha value is -0.120. The lowest BCUT2D eigenvalue weighted by atomic mass is 10.1. The van der Waals surface area contributed by atoms with Crippen molar-refractivity contribution in [2.75, 3.05) is 45.8 Å². The van der Waals surface area contributed by atoms with E-state index in [4.69, 9.17) is 5.73 Å². The van der Waals surface area contributed by atoms with Crippen LogP contribution in [-0.2, 0) is 0 Å². The molecule has 0 aromatic rings. The molecule has 2 fully saturated rings. The van der Waals surface area contributed by atoms with Crippen LogP contribution in [0.15, 0.2) is 0 Å². The lowest BCUT2D eigenvalue weighted by Gasteiger charge is -2.23. The van der Waals surface area contributed by atoms with Crippen molar-refractivity contribution >= 4 is 0 Å². The molecular weight excluding hydrogens is 198 g/mol. The van der Waals surface area contributed by atoms with Gasteiger partial charge in [0, 0.05) is 26.2 Å². The maximum Gasteiger partial charge on any atom is 0.0109 e. The lowest BCUT2D eigenvalue weighted by Crippen LogP contribution is -2.35. The zero-order chi connectivity index (χ0) is 11.4. The lowest BCUT2D eigenvalue weighted by molar-refractivity contribution is 0.231. The summed E-state index contributed by atoms with van der Waals surface area (Å²) in [7, 11) is 0. The smallest absolute Gasteiger partial charge is 0.0109 e. The van der Waals surface area contributed by atoms with Crippen LogP contribution in [0.4, 0.5) is 0 Å². The molecule has 1 saturated heterocycles. The minimum absolute atomic E-state index is 0.648. The first-order valence-electron chi connectivity index (χ1n) is 6.92. The molecule has 1 aliphatic carbocycles. The summed E-state index contributed by atoms with van der Waals surface area (Å²) in [6.07, 6.45) is 4.29. The Morgan fingerprint density at radius 1 is 1.12 bits per heavy atom. The summed E-state index contributed by atoms with van der Waals surface area (Å²) in [4.78, 5) is 5.27. The molecule has 1 heterocycles. The summed E-state index contributed by atoms with van der Waals surface area (Å²) in [5, 5.41) is 0. The highest BCUT2D eigenvalue weighted by molar-refractivity contribution is 4.79. The molecule has 0 radical (unpaired) electrons. The summed E-state index contributed by atoms with van der Waals surface area (Å²) in [5.74, 6) is 1.68. The van der Waals surface area contributed by atoms with E-state index >= 15 is 0 Å². The van der Waals surface area contributed by atoms with Gasteiger partial charge in [0.25, 0.3) is 0 Å². The Morgan fingerprint density at radius 2 is 1.81 bits per heavy atom. The fourth-order valence-corrected chi connectivity index (χ4v) is 2.57. The predicted molar refractivity (Wildman–Crippen MR) is 68.4 cm³/mol. The first-order valence-corrected chi connectivity index (χ1v) is 6.92. The third kappa shape index (κ3) is 4.04. The van der Waals surface area contributed by atoms with E-state index in [9.17, 15) is 0 Å². The Labute approximate surface area is 100.0 Å². The van der Waals surface area contributed by atoms with Gasteiger partial charge in [0.05, 0.1) is 0 Å². The van der Waals surface area contributed by atoms with Crippen LogP contribution >= 0.6 is 0 Å². The maximum absolute atomic E-state index is 5.69. The van der Waals surface area contributed by atoms with Crippen LogP contribution < -0.4 is 5.73 Å². The average molecular weight is 225 g/mol. The van der Waals surface area contributed by atoms with Crippen molar-refractivity contribution in [3.05, 3.63) is 0 Å². The van der Waals surface area contributed by atoms with E-state index in [1.165, 1.54) is 58.5 Å². The molecule has 3 nitrogen and oxygen atoms in total. The Balaban J connectivity index is 1.69. The minimum atomic E-state index is 0.648. The number of hydrogen-bond acceptors (Lipinski definition) is 3. The highest BCUT2D eigenvalue weighted by Crippen LogP contribution is 2.29. The van der Waals surface area contributed by atoms with Gasteiger partial charge in [-0.2, -0.15) is 0 Å². The van der Waals surface area contributed by atoms with Crippen molar-refractivity contribution in [2.45, 2.75) is 26.2 Å². The van der Waals surface area contributed by atoms with Gasteiger partial charge >= 0.3 is 0 Å². The monoisotopic (exact) mass is 225 g/mol. The summed E-state index contributed by atoms with van der Waals surface area (Å²) in [6.45, 7) is 10.7. The van der Waals surface area contributed by atoms with Crippen LogP contribution in [0.25, 0.3) is 0 Å². The molecule has 1 aliphatic heterocycles. The number of nitrogens with zero attached hydrogens (tertiary/aromatic N) is 2. The molecule has 0 bridgehead atoms. The summed E-state index contributed by atoms with van der Waals surface area (Å²) < 4.78 is 0. The number of rotatable bonds is 5. The van der Waals surface area contributed by atoms with Crippen LogP contribution in [-0.4, -0.2) is 55.6 Å². The summed E-state index contributed by atoms with van der Waals surface area (Å²) in [5.41, 5.74) is 5.69. The molecule has 2 rings (SSSR count). The van der Waals surface area contributed by atoms with E-state index in [0.29, 0.717) is 5.92 Å². The molecule has 1 saturated carbocycles. The van der Waals surface area contributed by atoms with Gasteiger partial charge in [0.15, 0.2) is 0 Å². The zero-order valence-corrected chi connectivity index (χ0v) is 10.7. The van der Waals surface area contributed by atoms with Gasteiger partial charge in [-0.15, -0.1) is 0 Å². The zero-order valence-electron chi connectivity index (χ0n) is 10.7. The van der Waals surface area contributed by atoms with Crippen molar-refractivity contribution in [1.82, 2.24) is 9.80 Å². The number of hydrogen-bond donors (Lipinski definition) is 1. The Kier molecular flexibility index (Phi) is 4.62.